The van der Waals surface area contributed by atoms with Crippen LogP contribution in [0.2, 0.25) is 0 Å². The summed E-state index contributed by atoms with van der Waals surface area (Å²) >= 11 is 0. The number of aromatic nitrogens is 2. The molecule has 0 bridgehead atoms. The van der Waals surface area contributed by atoms with E-state index in [0.717, 1.165) is 28.0 Å². The van der Waals surface area contributed by atoms with Crippen molar-refractivity contribution in [3.63, 3.8) is 0 Å². The SMILES string of the molecule is O=Nc1ccc(NCc2cccc(-n3cnc4ccccc43)c2)cc1. The first-order valence-corrected chi connectivity index (χ1v) is 8.02. The third-order valence-corrected chi connectivity index (χ3v) is 4.11. The number of nitrogens with zero attached hydrogens (tertiary/aromatic N) is 3. The van der Waals surface area contributed by atoms with E-state index in [2.05, 4.69) is 44.3 Å². The van der Waals surface area contributed by atoms with Gasteiger partial charge < -0.3 is 5.32 Å². The smallest absolute Gasteiger partial charge is 0.108 e. The zero-order valence-electron chi connectivity index (χ0n) is 13.5. The van der Waals surface area contributed by atoms with Crippen molar-refractivity contribution in [2.24, 2.45) is 5.18 Å². The summed E-state index contributed by atoms with van der Waals surface area (Å²) in [5.41, 5.74) is 5.69. The molecule has 0 aliphatic heterocycles. The molecule has 0 atom stereocenters. The molecule has 25 heavy (non-hydrogen) atoms. The lowest BCUT2D eigenvalue weighted by Crippen LogP contribution is -2.00. The van der Waals surface area contributed by atoms with Gasteiger partial charge in [0.25, 0.3) is 0 Å². The molecule has 0 unspecified atom stereocenters. The largest absolute Gasteiger partial charge is 0.381 e. The van der Waals surface area contributed by atoms with Crippen molar-refractivity contribution in [3.8, 4) is 5.69 Å². The van der Waals surface area contributed by atoms with Crippen molar-refractivity contribution in [3.05, 3.63) is 89.6 Å². The molecule has 4 rings (SSSR count). The molecule has 0 fully saturated rings. The number of nitroso groups, excluding NO2 is 1. The lowest BCUT2D eigenvalue weighted by molar-refractivity contribution is 1.07. The zero-order chi connectivity index (χ0) is 17.1. The Balaban J connectivity index is 1.56. The Morgan fingerprint density at radius 3 is 2.64 bits per heavy atom. The van der Waals surface area contributed by atoms with E-state index in [-0.39, 0.29) is 0 Å². The standard InChI is InChI=1S/C20H16N4O/c25-23-17-10-8-16(9-11-17)21-13-15-4-3-5-18(12-15)24-14-22-19-6-1-2-7-20(19)24/h1-12,14,21H,13H2. The highest BCUT2D eigenvalue weighted by molar-refractivity contribution is 5.77. The Labute approximate surface area is 144 Å². The van der Waals surface area contributed by atoms with Crippen molar-refractivity contribution in [1.82, 2.24) is 9.55 Å². The maximum atomic E-state index is 10.5. The first-order valence-electron chi connectivity index (χ1n) is 8.02. The van der Waals surface area contributed by atoms with E-state index < -0.39 is 0 Å². The molecule has 0 amide bonds. The van der Waals surface area contributed by atoms with Crippen molar-refractivity contribution in [1.29, 1.82) is 0 Å². The van der Waals surface area contributed by atoms with E-state index >= 15 is 0 Å². The van der Waals surface area contributed by atoms with Gasteiger partial charge in [0.15, 0.2) is 0 Å². The molecule has 1 N–H and O–H groups in total. The minimum Gasteiger partial charge on any atom is -0.381 e. The van der Waals surface area contributed by atoms with Crippen LogP contribution in [0.15, 0.2) is 84.3 Å². The predicted octanol–water partition coefficient (Wildman–Crippen LogP) is 5.04. The zero-order valence-corrected chi connectivity index (χ0v) is 13.5. The summed E-state index contributed by atoms with van der Waals surface area (Å²) in [6.45, 7) is 0.689. The van der Waals surface area contributed by atoms with E-state index in [1.807, 2.05) is 42.7 Å². The number of benzene rings is 3. The van der Waals surface area contributed by atoms with Crippen LogP contribution in [-0.4, -0.2) is 9.55 Å². The Morgan fingerprint density at radius 1 is 0.960 bits per heavy atom. The van der Waals surface area contributed by atoms with Crippen LogP contribution in [0.5, 0.6) is 0 Å². The normalized spacial score (nSPS) is 10.7. The highest BCUT2D eigenvalue weighted by Gasteiger charge is 2.04. The second kappa shape index (κ2) is 6.57. The summed E-state index contributed by atoms with van der Waals surface area (Å²) in [6, 6.07) is 23.5. The maximum absolute atomic E-state index is 10.5. The molecule has 122 valence electrons. The van der Waals surface area contributed by atoms with Crippen LogP contribution < -0.4 is 5.32 Å². The second-order valence-corrected chi connectivity index (χ2v) is 5.76. The number of imidazole rings is 1. The summed E-state index contributed by atoms with van der Waals surface area (Å²) in [7, 11) is 0. The fourth-order valence-electron chi connectivity index (χ4n) is 2.83. The van der Waals surface area contributed by atoms with E-state index in [1.165, 1.54) is 0 Å². The average molecular weight is 328 g/mol. The minimum atomic E-state index is 0.430. The van der Waals surface area contributed by atoms with Crippen LogP contribution in [0, 0.1) is 4.91 Å². The van der Waals surface area contributed by atoms with Crippen LogP contribution in [0.1, 0.15) is 5.56 Å². The van der Waals surface area contributed by atoms with Gasteiger partial charge in [-0.05, 0) is 59.3 Å². The summed E-state index contributed by atoms with van der Waals surface area (Å²) in [5, 5.41) is 6.26. The summed E-state index contributed by atoms with van der Waals surface area (Å²) in [6.07, 6.45) is 1.85. The van der Waals surface area contributed by atoms with Gasteiger partial charge in [0.1, 0.15) is 12.0 Å². The predicted molar refractivity (Wildman–Crippen MR) is 100 cm³/mol. The van der Waals surface area contributed by atoms with Crippen LogP contribution in [-0.2, 0) is 6.54 Å². The fraction of sp³-hybridized carbons (Fsp3) is 0.0500. The first-order chi connectivity index (χ1) is 12.3. The van der Waals surface area contributed by atoms with Gasteiger partial charge in [-0.3, -0.25) is 4.57 Å². The third kappa shape index (κ3) is 3.12. The third-order valence-electron chi connectivity index (χ3n) is 4.11. The van der Waals surface area contributed by atoms with Gasteiger partial charge in [0.05, 0.1) is 11.0 Å². The molecule has 0 spiro atoms. The molecule has 0 saturated heterocycles. The van der Waals surface area contributed by atoms with Crippen LogP contribution in [0.4, 0.5) is 11.4 Å². The van der Waals surface area contributed by atoms with Crippen molar-refractivity contribution in [2.75, 3.05) is 5.32 Å². The Bertz CT molecular complexity index is 1020. The van der Waals surface area contributed by atoms with Gasteiger partial charge in [-0.25, -0.2) is 4.98 Å². The Morgan fingerprint density at radius 2 is 1.80 bits per heavy atom. The maximum Gasteiger partial charge on any atom is 0.108 e. The number of anilines is 1. The average Bonchev–Trinajstić information content (AvgIpc) is 3.11. The molecule has 5 nitrogen and oxygen atoms in total. The Kier molecular flexibility index (Phi) is 3.96. The van der Waals surface area contributed by atoms with Gasteiger partial charge in [-0.1, -0.05) is 24.3 Å². The first kappa shape index (κ1) is 15.1. The van der Waals surface area contributed by atoms with Gasteiger partial charge >= 0.3 is 0 Å². The van der Waals surface area contributed by atoms with Gasteiger partial charge in [0.2, 0.25) is 0 Å². The number of nitrogens with one attached hydrogen (secondary N) is 1. The summed E-state index contributed by atoms with van der Waals surface area (Å²) in [5.74, 6) is 0. The number of hydrogen-bond donors (Lipinski definition) is 1. The quantitative estimate of drug-likeness (QED) is 0.522. The number of hydrogen-bond acceptors (Lipinski definition) is 4. The van der Waals surface area contributed by atoms with Crippen LogP contribution in [0.25, 0.3) is 16.7 Å². The van der Waals surface area contributed by atoms with E-state index in [0.29, 0.717) is 12.2 Å². The molecular formula is C20H16N4O. The molecular weight excluding hydrogens is 312 g/mol. The molecule has 5 heteroatoms. The van der Waals surface area contributed by atoms with E-state index in [9.17, 15) is 4.91 Å². The van der Waals surface area contributed by atoms with Crippen LogP contribution >= 0.6 is 0 Å². The van der Waals surface area contributed by atoms with Crippen molar-refractivity contribution < 1.29 is 0 Å². The lowest BCUT2D eigenvalue weighted by Gasteiger charge is -2.09. The Hall–Kier alpha value is -3.47. The molecule has 0 aliphatic carbocycles. The van der Waals surface area contributed by atoms with E-state index in [1.54, 1.807) is 12.1 Å². The molecule has 4 aromatic rings. The van der Waals surface area contributed by atoms with Gasteiger partial charge in [-0.15, -0.1) is 4.91 Å². The monoisotopic (exact) mass is 328 g/mol. The van der Waals surface area contributed by atoms with Crippen LogP contribution in [0.3, 0.4) is 0 Å². The highest BCUT2D eigenvalue weighted by Crippen LogP contribution is 2.20. The fourth-order valence-corrected chi connectivity index (χ4v) is 2.83. The molecule has 0 radical (unpaired) electrons. The molecule has 3 aromatic carbocycles. The minimum absolute atomic E-state index is 0.430. The topological polar surface area (TPSA) is 59.3 Å². The number of fused-ring (bicyclic) bond motifs is 1. The second-order valence-electron chi connectivity index (χ2n) is 5.76. The number of para-hydroxylation sites is 2. The van der Waals surface area contributed by atoms with Gasteiger partial charge in [-0.2, -0.15) is 0 Å². The van der Waals surface area contributed by atoms with Crippen molar-refractivity contribution >= 4 is 22.4 Å². The molecule has 1 heterocycles. The highest BCUT2D eigenvalue weighted by atomic mass is 16.3. The van der Waals surface area contributed by atoms with Gasteiger partial charge in [0, 0.05) is 17.9 Å². The molecule has 1 aromatic heterocycles. The molecule has 0 saturated carbocycles. The molecule has 0 aliphatic rings. The van der Waals surface area contributed by atoms with Crippen molar-refractivity contribution in [2.45, 2.75) is 6.54 Å². The lowest BCUT2D eigenvalue weighted by atomic mass is 10.2. The summed E-state index contributed by atoms with van der Waals surface area (Å²) in [4.78, 5) is 14.9. The van der Waals surface area contributed by atoms with E-state index in [4.69, 9.17) is 0 Å². The number of rotatable bonds is 5. The summed E-state index contributed by atoms with van der Waals surface area (Å²) < 4.78 is 2.09.